The third-order valence-corrected chi connectivity index (χ3v) is 4.79. The monoisotopic (exact) mass is 377 g/mol. The van der Waals surface area contributed by atoms with Crippen LogP contribution in [0.5, 0.6) is 0 Å². The number of para-hydroxylation sites is 1. The van der Waals surface area contributed by atoms with Gasteiger partial charge in [0.1, 0.15) is 0 Å². The van der Waals surface area contributed by atoms with Crippen LogP contribution >= 0.6 is 0 Å². The number of amides is 2. The summed E-state index contributed by atoms with van der Waals surface area (Å²) in [5.74, 6) is -0.561. The van der Waals surface area contributed by atoms with Gasteiger partial charge >= 0.3 is 0 Å². The summed E-state index contributed by atoms with van der Waals surface area (Å²) in [5, 5.41) is 0. The number of rotatable bonds is 2. The zero-order valence-corrected chi connectivity index (χ0v) is 15.4. The van der Waals surface area contributed by atoms with E-state index >= 15 is 0 Å². The Morgan fingerprint density at radius 2 is 1.86 bits per heavy atom. The van der Waals surface area contributed by atoms with Gasteiger partial charge < -0.3 is 9.64 Å². The summed E-state index contributed by atoms with van der Waals surface area (Å²) in [5.41, 5.74) is 2.30. The highest BCUT2D eigenvalue weighted by molar-refractivity contribution is 6.26. The molecule has 0 saturated carbocycles. The number of benzene rings is 1. The number of nitrogens with zero attached hydrogens (tertiary/aromatic N) is 3. The highest BCUT2D eigenvalue weighted by Crippen LogP contribution is 2.35. The lowest BCUT2D eigenvalue weighted by atomic mass is 10.1. The zero-order chi connectivity index (χ0) is 19.7. The predicted octanol–water partition coefficient (Wildman–Crippen LogP) is 2.14. The number of Topliss-reactive ketones (excluding diaryl/α,β-unsaturated/α-hetero) is 1. The summed E-state index contributed by atoms with van der Waals surface area (Å²) in [6, 6.07) is 10.4. The first-order chi connectivity index (χ1) is 13.6. The van der Waals surface area contributed by atoms with E-state index in [4.69, 9.17) is 4.74 Å². The summed E-state index contributed by atoms with van der Waals surface area (Å²) in [6.45, 7) is 3.61. The second-order valence-electron chi connectivity index (χ2n) is 6.61. The minimum absolute atomic E-state index is 0.0929. The fraction of sp³-hybridized carbons (Fsp3) is 0.238. The maximum absolute atomic E-state index is 12.7. The SMILES string of the molecule is CC(=O)N1/C(=C/c2ccc(C(=O)N3CCOCC3)cn2)C(=O)c2ccccc21. The van der Waals surface area contributed by atoms with E-state index < -0.39 is 0 Å². The van der Waals surface area contributed by atoms with E-state index in [9.17, 15) is 14.4 Å². The third-order valence-electron chi connectivity index (χ3n) is 4.79. The number of fused-ring (bicyclic) bond motifs is 1. The van der Waals surface area contributed by atoms with Gasteiger partial charge in [-0.15, -0.1) is 0 Å². The van der Waals surface area contributed by atoms with Crippen LogP contribution in [0.25, 0.3) is 6.08 Å². The highest BCUT2D eigenvalue weighted by Gasteiger charge is 2.34. The number of hydrogen-bond acceptors (Lipinski definition) is 5. The Morgan fingerprint density at radius 3 is 2.54 bits per heavy atom. The van der Waals surface area contributed by atoms with Crippen molar-refractivity contribution < 1.29 is 19.1 Å². The number of pyridine rings is 1. The zero-order valence-electron chi connectivity index (χ0n) is 15.4. The Kier molecular flexibility index (Phi) is 4.75. The number of anilines is 1. The maximum atomic E-state index is 12.7. The molecule has 2 aromatic rings. The van der Waals surface area contributed by atoms with Crippen molar-refractivity contribution in [3.63, 3.8) is 0 Å². The molecule has 4 rings (SSSR count). The van der Waals surface area contributed by atoms with Gasteiger partial charge in [-0.1, -0.05) is 12.1 Å². The fourth-order valence-corrected chi connectivity index (χ4v) is 3.41. The maximum Gasteiger partial charge on any atom is 0.255 e. The molecule has 1 aromatic carbocycles. The van der Waals surface area contributed by atoms with E-state index in [2.05, 4.69) is 4.98 Å². The molecule has 1 aromatic heterocycles. The van der Waals surface area contributed by atoms with E-state index in [1.54, 1.807) is 47.4 Å². The molecule has 0 radical (unpaired) electrons. The minimum atomic E-state index is -0.247. The van der Waals surface area contributed by atoms with Gasteiger partial charge in [0.2, 0.25) is 11.7 Å². The molecule has 1 saturated heterocycles. The number of morpholine rings is 1. The molecule has 0 aliphatic carbocycles. The van der Waals surface area contributed by atoms with Gasteiger partial charge in [-0.3, -0.25) is 24.3 Å². The molecule has 1 fully saturated rings. The number of ether oxygens (including phenoxy) is 1. The average Bonchev–Trinajstić information content (AvgIpc) is 3.01. The van der Waals surface area contributed by atoms with Gasteiger partial charge in [0.05, 0.1) is 35.9 Å². The van der Waals surface area contributed by atoms with Gasteiger partial charge in [-0.05, 0) is 30.3 Å². The van der Waals surface area contributed by atoms with Gasteiger partial charge in [0.15, 0.2) is 0 Å². The molecule has 2 aliphatic heterocycles. The topological polar surface area (TPSA) is 79.8 Å². The van der Waals surface area contributed by atoms with Crippen molar-refractivity contribution in [2.45, 2.75) is 6.92 Å². The quantitative estimate of drug-likeness (QED) is 0.749. The summed E-state index contributed by atoms with van der Waals surface area (Å²) in [6.07, 6.45) is 3.07. The molecule has 0 unspecified atom stereocenters. The van der Waals surface area contributed by atoms with Crippen molar-refractivity contribution in [3.05, 3.63) is 65.1 Å². The van der Waals surface area contributed by atoms with Crippen LogP contribution in [-0.2, 0) is 9.53 Å². The van der Waals surface area contributed by atoms with Crippen molar-refractivity contribution in [2.24, 2.45) is 0 Å². The Hall–Kier alpha value is -3.32. The summed E-state index contributed by atoms with van der Waals surface area (Å²) in [4.78, 5) is 44.8. The van der Waals surface area contributed by atoms with Crippen LogP contribution in [0.4, 0.5) is 5.69 Å². The minimum Gasteiger partial charge on any atom is -0.378 e. The van der Waals surface area contributed by atoms with Crippen LogP contribution in [0, 0.1) is 0 Å². The number of ketones is 1. The van der Waals surface area contributed by atoms with Crippen LogP contribution in [0.2, 0.25) is 0 Å². The van der Waals surface area contributed by atoms with Crippen molar-refractivity contribution in [1.82, 2.24) is 9.88 Å². The van der Waals surface area contributed by atoms with Crippen molar-refractivity contribution >= 4 is 29.4 Å². The summed E-state index contributed by atoms with van der Waals surface area (Å²) >= 11 is 0. The first-order valence-corrected chi connectivity index (χ1v) is 9.05. The Bertz CT molecular complexity index is 975. The number of allylic oxidation sites excluding steroid dienone is 1. The standard InChI is InChI=1S/C21H19N3O4/c1-14(25)24-18-5-3-2-4-17(18)20(26)19(24)12-16-7-6-15(13-22-16)21(27)23-8-10-28-11-9-23/h2-7,12-13H,8-11H2,1H3/b19-12+. The second kappa shape index (κ2) is 7.36. The average molecular weight is 377 g/mol. The molecular formula is C21H19N3O4. The van der Waals surface area contributed by atoms with Crippen LogP contribution in [0.3, 0.4) is 0 Å². The lowest BCUT2D eigenvalue weighted by Crippen LogP contribution is -2.40. The van der Waals surface area contributed by atoms with Crippen molar-refractivity contribution in [3.8, 4) is 0 Å². The molecule has 0 atom stereocenters. The molecular weight excluding hydrogens is 358 g/mol. The highest BCUT2D eigenvalue weighted by atomic mass is 16.5. The van der Waals surface area contributed by atoms with E-state index in [0.29, 0.717) is 48.8 Å². The first-order valence-electron chi connectivity index (χ1n) is 9.05. The van der Waals surface area contributed by atoms with Crippen LogP contribution < -0.4 is 4.90 Å². The van der Waals surface area contributed by atoms with E-state index in [1.807, 2.05) is 0 Å². The van der Waals surface area contributed by atoms with Crippen LogP contribution in [-0.4, -0.2) is 53.8 Å². The predicted molar refractivity (Wildman–Crippen MR) is 103 cm³/mol. The molecule has 7 heteroatoms. The normalized spacial score (nSPS) is 17.8. The first kappa shape index (κ1) is 18.1. The lowest BCUT2D eigenvalue weighted by Gasteiger charge is -2.26. The number of hydrogen-bond donors (Lipinski definition) is 0. The Labute approximate surface area is 162 Å². The van der Waals surface area contributed by atoms with Gasteiger partial charge in [-0.2, -0.15) is 0 Å². The van der Waals surface area contributed by atoms with E-state index in [0.717, 1.165) is 0 Å². The molecule has 0 N–H and O–H groups in total. The molecule has 2 aliphatic rings. The van der Waals surface area contributed by atoms with Gasteiger partial charge in [-0.25, -0.2) is 0 Å². The number of carbonyl (C=O) groups is 3. The number of aromatic nitrogens is 1. The summed E-state index contributed by atoms with van der Waals surface area (Å²) in [7, 11) is 0. The molecule has 2 amide bonds. The molecule has 28 heavy (non-hydrogen) atoms. The van der Waals surface area contributed by atoms with Gasteiger partial charge in [0, 0.05) is 31.8 Å². The molecule has 142 valence electrons. The van der Waals surface area contributed by atoms with Crippen LogP contribution in [0.15, 0.2) is 48.3 Å². The summed E-state index contributed by atoms with van der Waals surface area (Å²) < 4.78 is 5.26. The van der Waals surface area contributed by atoms with Crippen LogP contribution in [0.1, 0.15) is 33.3 Å². The molecule has 3 heterocycles. The number of carbonyl (C=O) groups excluding carboxylic acids is 3. The lowest BCUT2D eigenvalue weighted by molar-refractivity contribution is -0.116. The smallest absolute Gasteiger partial charge is 0.255 e. The molecule has 0 bridgehead atoms. The second-order valence-corrected chi connectivity index (χ2v) is 6.61. The van der Waals surface area contributed by atoms with E-state index in [1.165, 1.54) is 18.0 Å². The Balaban J connectivity index is 1.61. The molecule has 7 nitrogen and oxygen atoms in total. The third kappa shape index (κ3) is 3.20. The van der Waals surface area contributed by atoms with Crippen molar-refractivity contribution in [1.29, 1.82) is 0 Å². The molecule has 0 spiro atoms. The van der Waals surface area contributed by atoms with E-state index in [-0.39, 0.29) is 23.3 Å². The van der Waals surface area contributed by atoms with Gasteiger partial charge in [0.25, 0.3) is 5.91 Å². The Morgan fingerprint density at radius 1 is 1.11 bits per heavy atom. The van der Waals surface area contributed by atoms with Crippen molar-refractivity contribution in [2.75, 3.05) is 31.2 Å². The largest absolute Gasteiger partial charge is 0.378 e. The fourth-order valence-electron chi connectivity index (χ4n) is 3.41.